The van der Waals surface area contributed by atoms with Crippen molar-refractivity contribution in [2.24, 2.45) is 5.73 Å². The van der Waals surface area contributed by atoms with E-state index in [1.165, 1.54) is 0 Å². The van der Waals surface area contributed by atoms with Crippen LogP contribution in [-0.4, -0.2) is 17.8 Å². The maximum Gasteiger partial charge on any atom is 0.341 e. The highest BCUT2D eigenvalue weighted by atomic mass is 31.2. The molecule has 0 spiro atoms. The van der Waals surface area contributed by atoms with Crippen LogP contribution >= 0.6 is 7.60 Å². The Hall–Kier alpha value is 0.110. The summed E-state index contributed by atoms with van der Waals surface area (Å²) in [5, 5.41) is 0. The van der Waals surface area contributed by atoms with Crippen LogP contribution in [0, 0.1) is 0 Å². The van der Waals surface area contributed by atoms with E-state index in [9.17, 15) is 4.57 Å². The third-order valence-corrected chi connectivity index (χ3v) is 2.32. The predicted octanol–water partition coefficient (Wildman–Crippen LogP) is 1.29. The summed E-state index contributed by atoms with van der Waals surface area (Å²) in [6, 6.07) is 0. The van der Waals surface area contributed by atoms with Crippen LogP contribution in [0.25, 0.3) is 0 Å². The molecule has 0 aliphatic heterocycles. The van der Waals surface area contributed by atoms with Gasteiger partial charge >= 0.3 is 7.60 Å². The van der Waals surface area contributed by atoms with Gasteiger partial charge in [0.15, 0.2) is 0 Å². The molecule has 5 heteroatoms. The normalized spacial score (nSPS) is 16.3. The van der Waals surface area contributed by atoms with Gasteiger partial charge in [-0.2, -0.15) is 0 Å². The minimum absolute atomic E-state index is 0.293. The number of hydrogen-bond donors (Lipinski definition) is 2. The summed E-state index contributed by atoms with van der Waals surface area (Å²) in [7, 11) is -3.44. The van der Waals surface area contributed by atoms with Crippen molar-refractivity contribution >= 4 is 7.60 Å². The second kappa shape index (κ2) is 5.72. The lowest BCUT2D eigenvalue weighted by Crippen LogP contribution is -2.04. The fourth-order valence-electron chi connectivity index (χ4n) is 0.612. The van der Waals surface area contributed by atoms with Gasteiger partial charge in [-0.1, -0.05) is 19.8 Å². The number of nitrogens with two attached hydrogens (primary N) is 1. The van der Waals surface area contributed by atoms with Gasteiger partial charge in [-0.05, 0) is 6.42 Å². The maximum absolute atomic E-state index is 10.8. The molecule has 0 aliphatic rings. The molecule has 0 heterocycles. The molecule has 0 bridgehead atoms. The minimum atomic E-state index is -3.44. The summed E-state index contributed by atoms with van der Waals surface area (Å²) in [4.78, 5) is 8.83. The van der Waals surface area contributed by atoms with Crippen LogP contribution in [0.3, 0.4) is 0 Å². The van der Waals surface area contributed by atoms with E-state index in [2.05, 4.69) is 11.4 Å². The molecule has 11 heavy (non-hydrogen) atoms. The Morgan fingerprint density at radius 1 is 1.55 bits per heavy atom. The van der Waals surface area contributed by atoms with E-state index < -0.39 is 7.60 Å². The van der Waals surface area contributed by atoms with Crippen LogP contribution in [0.2, 0.25) is 0 Å². The zero-order valence-electron chi connectivity index (χ0n) is 6.82. The minimum Gasteiger partial charge on any atom is -0.323 e. The molecule has 3 N–H and O–H groups in total. The molecule has 0 amide bonds. The fourth-order valence-corrected chi connectivity index (χ4v) is 1.13. The fraction of sp³-hybridized carbons (Fsp3) is 1.00. The van der Waals surface area contributed by atoms with E-state index in [0.29, 0.717) is 6.61 Å². The van der Waals surface area contributed by atoms with Crippen LogP contribution in [0.1, 0.15) is 26.2 Å². The topological polar surface area (TPSA) is 72.5 Å². The lowest BCUT2D eigenvalue weighted by molar-refractivity contribution is 0.254. The lowest BCUT2D eigenvalue weighted by atomic mass is 10.3. The second-order valence-corrected chi connectivity index (χ2v) is 4.26. The van der Waals surface area contributed by atoms with Gasteiger partial charge in [-0.3, -0.25) is 4.57 Å². The van der Waals surface area contributed by atoms with E-state index in [-0.39, 0.29) is 6.29 Å². The van der Waals surface area contributed by atoms with Crippen LogP contribution in [0.15, 0.2) is 0 Å². The standard InChI is InChI=1S/C6H16NO3P/c1-2-3-4-5-10-11(8,9)6-7/h2-7H2,1H3,(H,8,9). The van der Waals surface area contributed by atoms with Gasteiger partial charge in [0.2, 0.25) is 0 Å². The molecule has 0 saturated carbocycles. The zero-order valence-corrected chi connectivity index (χ0v) is 7.72. The molecule has 68 valence electrons. The van der Waals surface area contributed by atoms with E-state index in [1.54, 1.807) is 0 Å². The van der Waals surface area contributed by atoms with Gasteiger partial charge in [0, 0.05) is 0 Å². The quantitative estimate of drug-likeness (QED) is 0.478. The van der Waals surface area contributed by atoms with Crippen molar-refractivity contribution in [3.63, 3.8) is 0 Å². The first kappa shape index (κ1) is 11.1. The van der Waals surface area contributed by atoms with Gasteiger partial charge in [0.05, 0.1) is 12.9 Å². The number of hydrogen-bond acceptors (Lipinski definition) is 3. The third-order valence-electron chi connectivity index (χ3n) is 1.27. The largest absolute Gasteiger partial charge is 0.341 e. The first-order valence-electron chi connectivity index (χ1n) is 3.79. The van der Waals surface area contributed by atoms with Crippen molar-refractivity contribution in [2.45, 2.75) is 26.2 Å². The highest BCUT2D eigenvalue weighted by molar-refractivity contribution is 7.52. The van der Waals surface area contributed by atoms with Crippen molar-refractivity contribution < 1.29 is 14.0 Å². The van der Waals surface area contributed by atoms with E-state index in [1.807, 2.05) is 0 Å². The highest BCUT2D eigenvalue weighted by Gasteiger charge is 2.14. The molecule has 0 rings (SSSR count). The van der Waals surface area contributed by atoms with E-state index in [4.69, 9.17) is 10.6 Å². The Morgan fingerprint density at radius 3 is 2.64 bits per heavy atom. The van der Waals surface area contributed by atoms with E-state index >= 15 is 0 Å². The predicted molar refractivity (Wildman–Crippen MR) is 44.4 cm³/mol. The SMILES string of the molecule is CCCCCOP(=O)(O)CN. The summed E-state index contributed by atoms with van der Waals surface area (Å²) in [5.74, 6) is 0. The molecule has 1 unspecified atom stereocenters. The summed E-state index contributed by atoms with van der Waals surface area (Å²) in [6.07, 6.45) is 2.62. The average Bonchev–Trinajstić information content (AvgIpc) is 1.99. The van der Waals surface area contributed by atoms with Crippen LogP contribution in [0.4, 0.5) is 0 Å². The molecule has 1 atom stereocenters. The molecular formula is C6H16NO3P. The molecule has 0 aromatic rings. The van der Waals surface area contributed by atoms with Crippen LogP contribution < -0.4 is 5.73 Å². The number of unbranched alkanes of at least 4 members (excludes halogenated alkanes) is 2. The molecule has 0 saturated heterocycles. The second-order valence-electron chi connectivity index (χ2n) is 2.36. The van der Waals surface area contributed by atoms with Crippen molar-refractivity contribution in [3.05, 3.63) is 0 Å². The zero-order chi connectivity index (χ0) is 8.74. The Kier molecular flexibility index (Phi) is 5.78. The van der Waals surface area contributed by atoms with Gasteiger partial charge in [0.25, 0.3) is 0 Å². The average molecular weight is 181 g/mol. The molecule has 0 aromatic heterocycles. The Bertz CT molecular complexity index is 140. The lowest BCUT2D eigenvalue weighted by Gasteiger charge is -2.08. The summed E-state index contributed by atoms with van der Waals surface area (Å²) in [5.41, 5.74) is 4.98. The third kappa shape index (κ3) is 6.51. The maximum atomic E-state index is 10.8. The van der Waals surface area contributed by atoms with Crippen molar-refractivity contribution in [1.29, 1.82) is 0 Å². The van der Waals surface area contributed by atoms with Crippen LogP contribution in [0.5, 0.6) is 0 Å². The van der Waals surface area contributed by atoms with Crippen molar-refractivity contribution in [1.82, 2.24) is 0 Å². The first-order chi connectivity index (χ1) is 5.12. The molecular weight excluding hydrogens is 165 g/mol. The van der Waals surface area contributed by atoms with Gasteiger partial charge < -0.3 is 15.2 Å². The summed E-state index contributed by atoms with van der Waals surface area (Å²) >= 11 is 0. The molecule has 0 fully saturated rings. The molecule has 0 aliphatic carbocycles. The van der Waals surface area contributed by atoms with Crippen molar-refractivity contribution in [2.75, 3.05) is 12.9 Å². The van der Waals surface area contributed by atoms with Crippen LogP contribution in [-0.2, 0) is 9.09 Å². The monoisotopic (exact) mass is 181 g/mol. The smallest absolute Gasteiger partial charge is 0.323 e. The summed E-state index contributed by atoms with van der Waals surface area (Å²) in [6.45, 7) is 2.39. The summed E-state index contributed by atoms with van der Waals surface area (Å²) < 4.78 is 15.4. The van der Waals surface area contributed by atoms with Crippen molar-refractivity contribution in [3.8, 4) is 0 Å². The molecule has 4 nitrogen and oxygen atoms in total. The Morgan fingerprint density at radius 2 is 2.18 bits per heavy atom. The Balaban J connectivity index is 3.31. The van der Waals surface area contributed by atoms with Gasteiger partial charge in [-0.25, -0.2) is 0 Å². The molecule has 0 aromatic carbocycles. The Labute approximate surface area is 67.3 Å². The molecule has 0 radical (unpaired) electrons. The highest BCUT2D eigenvalue weighted by Crippen LogP contribution is 2.39. The number of rotatable bonds is 6. The van der Waals surface area contributed by atoms with Gasteiger partial charge in [-0.15, -0.1) is 0 Å². The first-order valence-corrected chi connectivity index (χ1v) is 5.55. The van der Waals surface area contributed by atoms with Gasteiger partial charge in [0.1, 0.15) is 0 Å². The van der Waals surface area contributed by atoms with E-state index in [0.717, 1.165) is 19.3 Å².